The molecule has 1 heterocycles. The van der Waals surface area contributed by atoms with E-state index in [0.717, 1.165) is 0 Å². The van der Waals surface area contributed by atoms with E-state index in [1.165, 1.54) is 26.2 Å². The maximum atomic E-state index is 12.1. The maximum absolute atomic E-state index is 12.1. The highest BCUT2D eigenvalue weighted by Gasteiger charge is 2.19. The summed E-state index contributed by atoms with van der Waals surface area (Å²) in [6.45, 7) is 6.59. The summed E-state index contributed by atoms with van der Waals surface area (Å²) in [5, 5.41) is 6.01. The van der Waals surface area contributed by atoms with Gasteiger partial charge in [-0.1, -0.05) is 0 Å². The van der Waals surface area contributed by atoms with Crippen molar-refractivity contribution in [2.45, 2.75) is 26.9 Å². The van der Waals surface area contributed by atoms with Gasteiger partial charge < -0.3 is 24.8 Å². The number of carbonyl (C=O) groups is 2. The summed E-state index contributed by atoms with van der Waals surface area (Å²) in [6.07, 6.45) is -0.993. The largest absolute Gasteiger partial charge is 0.466 e. The van der Waals surface area contributed by atoms with E-state index in [2.05, 4.69) is 30.3 Å². The molecule has 0 saturated heterocycles. The maximum Gasteiger partial charge on any atom is 0.346 e. The van der Waals surface area contributed by atoms with Crippen molar-refractivity contribution >= 4 is 23.8 Å². The van der Waals surface area contributed by atoms with E-state index in [4.69, 9.17) is 9.47 Å². The van der Waals surface area contributed by atoms with Crippen LogP contribution in [0.2, 0.25) is 0 Å². The lowest BCUT2D eigenvalue weighted by atomic mass is 10.2. The Morgan fingerprint density at radius 2 is 1.57 bits per heavy atom. The number of nitrogens with one attached hydrogen (secondary N) is 2. The fraction of sp³-hybridized carbons (Fsp3) is 0.389. The lowest BCUT2D eigenvalue weighted by Gasteiger charge is -2.11. The minimum atomic E-state index is -0.993. The Kier molecular flexibility index (Phi) is 7.49. The molecule has 2 rings (SSSR count). The third kappa shape index (κ3) is 5.79. The van der Waals surface area contributed by atoms with E-state index in [0.29, 0.717) is 30.7 Å². The quantitative estimate of drug-likeness (QED) is 0.617. The molecular weight excluding hydrogens is 366 g/mol. The molecule has 2 N–H and O–H groups in total. The van der Waals surface area contributed by atoms with Crippen LogP contribution in [0.3, 0.4) is 0 Å². The zero-order valence-corrected chi connectivity index (χ0v) is 16.2. The standard InChI is InChI=1S/C18H23N5O5/c1-5-19-16-21-17(20-6-2)23-18(22-16)28-13-9-7-12(8-10-13)15(25)27-11(3)14(24)26-4/h7-11H,5-6H2,1-4H3,(H2,19,20,21,22,23). The van der Waals surface area contributed by atoms with E-state index in [-0.39, 0.29) is 11.6 Å². The number of carbonyl (C=O) groups excluding carboxylic acids is 2. The Balaban J connectivity index is 2.09. The average molecular weight is 389 g/mol. The van der Waals surface area contributed by atoms with Gasteiger partial charge in [-0.15, -0.1) is 0 Å². The molecule has 10 nitrogen and oxygen atoms in total. The van der Waals surface area contributed by atoms with Gasteiger partial charge in [-0.2, -0.15) is 15.0 Å². The number of rotatable bonds is 9. The van der Waals surface area contributed by atoms with Gasteiger partial charge in [0.15, 0.2) is 6.10 Å². The summed E-state index contributed by atoms with van der Waals surface area (Å²) in [5.74, 6) is -0.0702. The normalized spacial score (nSPS) is 11.3. The number of anilines is 2. The molecule has 28 heavy (non-hydrogen) atoms. The second-order valence-electron chi connectivity index (χ2n) is 5.52. The summed E-state index contributed by atoms with van der Waals surface area (Å²) >= 11 is 0. The first-order valence-electron chi connectivity index (χ1n) is 8.77. The first-order valence-corrected chi connectivity index (χ1v) is 8.77. The molecule has 0 bridgehead atoms. The van der Waals surface area contributed by atoms with Crippen molar-refractivity contribution in [3.63, 3.8) is 0 Å². The first kappa shape index (κ1) is 20.9. The van der Waals surface area contributed by atoms with Crippen LogP contribution in [0.15, 0.2) is 24.3 Å². The highest BCUT2D eigenvalue weighted by Crippen LogP contribution is 2.21. The summed E-state index contributed by atoms with van der Waals surface area (Å²) < 4.78 is 15.2. The van der Waals surface area contributed by atoms with Crippen molar-refractivity contribution in [3.05, 3.63) is 29.8 Å². The van der Waals surface area contributed by atoms with Crippen LogP contribution in [-0.2, 0) is 14.3 Å². The van der Waals surface area contributed by atoms with Gasteiger partial charge >= 0.3 is 17.9 Å². The Labute approximate surface area is 162 Å². The number of hydrogen-bond acceptors (Lipinski definition) is 10. The fourth-order valence-corrected chi connectivity index (χ4v) is 2.08. The van der Waals surface area contributed by atoms with Crippen LogP contribution in [0, 0.1) is 0 Å². The van der Waals surface area contributed by atoms with Crippen molar-refractivity contribution < 1.29 is 23.8 Å². The lowest BCUT2D eigenvalue weighted by Crippen LogP contribution is -2.25. The van der Waals surface area contributed by atoms with Gasteiger partial charge in [0.05, 0.1) is 12.7 Å². The van der Waals surface area contributed by atoms with Crippen LogP contribution in [-0.4, -0.2) is 53.2 Å². The molecule has 0 radical (unpaired) electrons. The van der Waals surface area contributed by atoms with Crippen molar-refractivity contribution in [2.75, 3.05) is 30.8 Å². The Morgan fingerprint density at radius 1 is 1.00 bits per heavy atom. The zero-order valence-electron chi connectivity index (χ0n) is 16.2. The second kappa shape index (κ2) is 10.0. The molecular formula is C18H23N5O5. The zero-order chi connectivity index (χ0) is 20.5. The molecule has 0 amide bonds. The van der Waals surface area contributed by atoms with Crippen molar-refractivity contribution in [3.8, 4) is 11.8 Å². The van der Waals surface area contributed by atoms with Crippen LogP contribution >= 0.6 is 0 Å². The smallest absolute Gasteiger partial charge is 0.346 e. The third-order valence-electron chi connectivity index (χ3n) is 3.40. The highest BCUT2D eigenvalue weighted by molar-refractivity contribution is 5.91. The Hall–Kier alpha value is -3.43. The highest BCUT2D eigenvalue weighted by atomic mass is 16.6. The van der Waals surface area contributed by atoms with Gasteiger partial charge in [-0.25, -0.2) is 9.59 Å². The van der Waals surface area contributed by atoms with E-state index in [1.54, 1.807) is 12.1 Å². The molecule has 2 aromatic rings. The molecule has 0 spiro atoms. The fourth-order valence-electron chi connectivity index (χ4n) is 2.08. The van der Waals surface area contributed by atoms with Crippen LogP contribution < -0.4 is 15.4 Å². The van der Waals surface area contributed by atoms with Crippen LogP contribution in [0.1, 0.15) is 31.1 Å². The average Bonchev–Trinajstić information content (AvgIpc) is 2.68. The SMILES string of the molecule is CCNc1nc(NCC)nc(Oc2ccc(C(=O)OC(C)C(=O)OC)cc2)n1. The van der Waals surface area contributed by atoms with Crippen LogP contribution in [0.25, 0.3) is 0 Å². The molecule has 1 unspecified atom stereocenters. The second-order valence-corrected chi connectivity index (χ2v) is 5.52. The minimum absolute atomic E-state index is 0.108. The molecule has 1 atom stereocenters. The molecule has 1 aromatic carbocycles. The van der Waals surface area contributed by atoms with Gasteiger partial charge in [-0.3, -0.25) is 0 Å². The minimum Gasteiger partial charge on any atom is -0.466 e. The molecule has 0 saturated carbocycles. The summed E-state index contributed by atoms with van der Waals surface area (Å²) in [4.78, 5) is 36.0. The Bertz CT molecular complexity index is 788. The molecule has 1 aromatic heterocycles. The van der Waals surface area contributed by atoms with Gasteiger partial charge in [0.25, 0.3) is 0 Å². The number of benzene rings is 1. The Morgan fingerprint density at radius 3 is 2.07 bits per heavy atom. The van der Waals surface area contributed by atoms with Crippen molar-refractivity contribution in [1.29, 1.82) is 0 Å². The number of esters is 2. The molecule has 150 valence electrons. The predicted molar refractivity (Wildman–Crippen MR) is 102 cm³/mol. The number of ether oxygens (including phenoxy) is 3. The number of nitrogens with zero attached hydrogens (tertiary/aromatic N) is 3. The first-order chi connectivity index (χ1) is 13.5. The molecule has 10 heteroatoms. The van der Waals surface area contributed by atoms with E-state index in [1.807, 2.05) is 13.8 Å². The van der Waals surface area contributed by atoms with E-state index < -0.39 is 18.0 Å². The summed E-state index contributed by atoms with van der Waals surface area (Å²) in [6, 6.07) is 6.28. The van der Waals surface area contributed by atoms with Gasteiger partial charge in [0, 0.05) is 13.1 Å². The summed E-state index contributed by atoms with van der Waals surface area (Å²) in [5.41, 5.74) is 0.264. The number of hydrogen-bond donors (Lipinski definition) is 2. The molecule has 0 fully saturated rings. The monoisotopic (exact) mass is 389 g/mol. The predicted octanol–water partition coefficient (Wildman–Crippen LogP) is 2.25. The van der Waals surface area contributed by atoms with Crippen LogP contribution in [0.4, 0.5) is 11.9 Å². The number of aromatic nitrogens is 3. The molecule has 0 aliphatic carbocycles. The topological polar surface area (TPSA) is 125 Å². The van der Waals surface area contributed by atoms with Crippen molar-refractivity contribution in [2.24, 2.45) is 0 Å². The summed E-state index contributed by atoms with van der Waals surface area (Å²) in [7, 11) is 1.23. The van der Waals surface area contributed by atoms with Crippen molar-refractivity contribution in [1.82, 2.24) is 15.0 Å². The lowest BCUT2D eigenvalue weighted by molar-refractivity contribution is -0.149. The molecule has 0 aliphatic heterocycles. The molecule has 0 aliphatic rings. The van der Waals surface area contributed by atoms with E-state index in [9.17, 15) is 9.59 Å². The van der Waals surface area contributed by atoms with Crippen LogP contribution in [0.5, 0.6) is 11.8 Å². The van der Waals surface area contributed by atoms with Gasteiger partial charge in [0.1, 0.15) is 5.75 Å². The number of methoxy groups -OCH3 is 1. The van der Waals surface area contributed by atoms with Gasteiger partial charge in [-0.05, 0) is 45.0 Å². The third-order valence-corrected chi connectivity index (χ3v) is 3.40. The van der Waals surface area contributed by atoms with E-state index >= 15 is 0 Å². The van der Waals surface area contributed by atoms with Gasteiger partial charge in [0.2, 0.25) is 11.9 Å².